The second kappa shape index (κ2) is 13.8. The predicted octanol–water partition coefficient (Wildman–Crippen LogP) is 5.68. The van der Waals surface area contributed by atoms with Crippen molar-refractivity contribution in [1.82, 2.24) is 4.90 Å². The van der Waals surface area contributed by atoms with Gasteiger partial charge in [-0.2, -0.15) is 13.2 Å². The summed E-state index contributed by atoms with van der Waals surface area (Å²) in [6.45, 7) is 8.15. The first-order valence-corrected chi connectivity index (χ1v) is 12.1. The van der Waals surface area contributed by atoms with E-state index in [2.05, 4.69) is 16.9 Å². The number of alkyl halides is 3. The summed E-state index contributed by atoms with van der Waals surface area (Å²) in [5, 5.41) is 3.89. The quantitative estimate of drug-likeness (QED) is 0.107. The summed E-state index contributed by atoms with van der Waals surface area (Å²) in [5.41, 5.74) is 6.85. The second-order valence-corrected chi connectivity index (χ2v) is 9.03. The van der Waals surface area contributed by atoms with E-state index in [1.807, 2.05) is 11.8 Å². The number of hydrogen-bond acceptors (Lipinski definition) is 7. The molecule has 1 amide bonds. The second-order valence-electron chi connectivity index (χ2n) is 8.62. The van der Waals surface area contributed by atoms with Crippen LogP contribution in [-0.2, 0) is 17.5 Å². The molecule has 0 aliphatic rings. The van der Waals surface area contributed by atoms with E-state index in [0.29, 0.717) is 23.4 Å². The Morgan fingerprint density at radius 2 is 1.95 bits per heavy atom. The van der Waals surface area contributed by atoms with Crippen LogP contribution in [0, 0.1) is 0 Å². The van der Waals surface area contributed by atoms with Gasteiger partial charge in [0.2, 0.25) is 0 Å². The molecule has 0 spiro atoms. The van der Waals surface area contributed by atoms with Gasteiger partial charge in [0.1, 0.15) is 5.76 Å². The Morgan fingerprint density at radius 1 is 1.26 bits per heavy atom. The third-order valence-electron chi connectivity index (χ3n) is 5.54. The molecule has 0 bridgehead atoms. The number of methoxy groups -OCH3 is 1. The first-order valence-electron chi connectivity index (χ1n) is 11.7. The van der Waals surface area contributed by atoms with E-state index in [-0.39, 0.29) is 34.2 Å². The van der Waals surface area contributed by atoms with Crippen molar-refractivity contribution in [3.63, 3.8) is 0 Å². The molecule has 8 nitrogen and oxygen atoms in total. The average molecular weight is 565 g/mol. The number of aliphatic imine (C=N–C) groups is 1. The fourth-order valence-corrected chi connectivity index (χ4v) is 3.39. The number of carbonyl (C=O) groups is 1. The summed E-state index contributed by atoms with van der Waals surface area (Å²) in [6, 6.07) is 7.76. The van der Waals surface area contributed by atoms with E-state index in [4.69, 9.17) is 27.9 Å². The van der Waals surface area contributed by atoms with Gasteiger partial charge in [-0.3, -0.25) is 14.8 Å². The first kappa shape index (κ1) is 31.4. The van der Waals surface area contributed by atoms with Gasteiger partial charge in [0.25, 0.3) is 5.91 Å². The van der Waals surface area contributed by atoms with Crippen LogP contribution >= 0.6 is 11.6 Å². The number of halogens is 4. The van der Waals surface area contributed by atoms with Gasteiger partial charge in [-0.15, -0.1) is 0 Å². The maximum Gasteiger partial charge on any atom is 0.416 e. The lowest BCUT2D eigenvalue weighted by atomic mass is 10.1. The number of hydrazine groups is 1. The van der Waals surface area contributed by atoms with Crippen molar-refractivity contribution in [2.45, 2.75) is 26.6 Å². The average Bonchev–Trinajstić information content (AvgIpc) is 2.87. The molecule has 5 N–H and O–H groups in total. The fraction of sp³-hybridized carbons (Fsp3) is 0.259. The van der Waals surface area contributed by atoms with E-state index >= 15 is 0 Å². The van der Waals surface area contributed by atoms with E-state index in [1.165, 1.54) is 50.0 Å². The number of hydrogen-bond donors (Lipinski definition) is 3. The molecule has 0 atom stereocenters. The van der Waals surface area contributed by atoms with Gasteiger partial charge in [-0.25, -0.2) is 5.84 Å². The Bertz CT molecular complexity index is 1290. The minimum atomic E-state index is -4.57. The van der Waals surface area contributed by atoms with Crippen LogP contribution in [0.4, 0.5) is 24.5 Å². The SMILES string of the molecule is C=C(C=N/C=C(C)/C(N)=C/N(N)c1cc(C(=O)Nc2cc(CN(C)CC)cc(C(F)(F)F)c2)ccc1Cl)OC. The largest absolute Gasteiger partial charge is 0.496 e. The fourth-order valence-electron chi connectivity index (χ4n) is 3.18. The molecule has 2 aromatic rings. The van der Waals surface area contributed by atoms with Crippen LogP contribution in [0.15, 0.2) is 77.4 Å². The number of ether oxygens (including phenoxy) is 1. The molecule has 0 saturated heterocycles. The number of carbonyl (C=O) groups excluding carboxylic acids is 1. The zero-order valence-electron chi connectivity index (χ0n) is 22.1. The highest BCUT2D eigenvalue weighted by Gasteiger charge is 2.31. The smallest absolute Gasteiger partial charge is 0.416 e. The van der Waals surface area contributed by atoms with Gasteiger partial charge < -0.3 is 20.7 Å². The number of benzene rings is 2. The van der Waals surface area contributed by atoms with E-state index in [9.17, 15) is 18.0 Å². The maximum absolute atomic E-state index is 13.5. The summed E-state index contributed by atoms with van der Waals surface area (Å²) < 4.78 is 45.4. The first-order chi connectivity index (χ1) is 18.2. The molecule has 0 fully saturated rings. The zero-order chi connectivity index (χ0) is 29.3. The van der Waals surface area contributed by atoms with Gasteiger partial charge in [0, 0.05) is 30.2 Å². The summed E-state index contributed by atoms with van der Waals surface area (Å²) in [6.07, 6.45) is -0.295. The summed E-state index contributed by atoms with van der Waals surface area (Å²) in [4.78, 5) is 18.9. The lowest BCUT2D eigenvalue weighted by Crippen LogP contribution is -2.27. The predicted molar refractivity (Wildman–Crippen MR) is 150 cm³/mol. The Balaban J connectivity index is 2.31. The zero-order valence-corrected chi connectivity index (χ0v) is 22.9. The lowest BCUT2D eigenvalue weighted by molar-refractivity contribution is -0.137. The van der Waals surface area contributed by atoms with Crippen LogP contribution in [0.1, 0.15) is 35.3 Å². The molecule has 39 heavy (non-hydrogen) atoms. The molecular weight excluding hydrogens is 533 g/mol. The van der Waals surface area contributed by atoms with Crippen molar-refractivity contribution in [3.8, 4) is 0 Å². The van der Waals surface area contributed by atoms with E-state index in [1.54, 1.807) is 14.0 Å². The Hall–Kier alpha value is -3.80. The summed E-state index contributed by atoms with van der Waals surface area (Å²) in [5.74, 6) is 5.85. The van der Waals surface area contributed by atoms with E-state index < -0.39 is 17.6 Å². The highest BCUT2D eigenvalue weighted by atomic mass is 35.5. The molecule has 0 aliphatic heterocycles. The molecule has 210 valence electrons. The van der Waals surface area contributed by atoms with Gasteiger partial charge in [0.15, 0.2) is 0 Å². The number of rotatable bonds is 11. The van der Waals surface area contributed by atoms with Crippen LogP contribution in [0.5, 0.6) is 0 Å². The van der Waals surface area contributed by atoms with Crippen molar-refractivity contribution in [1.29, 1.82) is 0 Å². The molecule has 0 heterocycles. The highest BCUT2D eigenvalue weighted by Crippen LogP contribution is 2.33. The number of nitrogens with zero attached hydrogens (tertiary/aromatic N) is 3. The van der Waals surface area contributed by atoms with Crippen molar-refractivity contribution in [3.05, 3.63) is 94.1 Å². The molecular formula is C27H32ClF3N6O2. The molecule has 2 rings (SSSR count). The van der Waals surface area contributed by atoms with Crippen molar-refractivity contribution < 1.29 is 22.7 Å². The van der Waals surface area contributed by atoms with Crippen LogP contribution in [0.25, 0.3) is 0 Å². The molecule has 0 aliphatic carbocycles. The third-order valence-corrected chi connectivity index (χ3v) is 5.86. The Morgan fingerprint density at radius 3 is 2.56 bits per heavy atom. The Labute approximate surface area is 231 Å². The Kier molecular flexibility index (Phi) is 11.1. The summed E-state index contributed by atoms with van der Waals surface area (Å²) >= 11 is 6.29. The van der Waals surface area contributed by atoms with Crippen molar-refractivity contribution in [2.24, 2.45) is 16.6 Å². The molecule has 0 unspecified atom stereocenters. The van der Waals surface area contributed by atoms with E-state index in [0.717, 1.165) is 17.1 Å². The number of anilines is 2. The van der Waals surface area contributed by atoms with Crippen LogP contribution in [-0.4, -0.2) is 37.7 Å². The van der Waals surface area contributed by atoms with Crippen molar-refractivity contribution in [2.75, 3.05) is 31.0 Å². The van der Waals surface area contributed by atoms with Crippen molar-refractivity contribution >= 4 is 35.1 Å². The number of amides is 1. The van der Waals surface area contributed by atoms with Gasteiger partial charge in [0.05, 0.1) is 35.3 Å². The molecule has 0 radical (unpaired) electrons. The molecule has 2 aromatic carbocycles. The molecule has 0 aromatic heterocycles. The number of nitrogens with two attached hydrogens (primary N) is 2. The monoisotopic (exact) mass is 564 g/mol. The van der Waals surface area contributed by atoms with Gasteiger partial charge in [-0.05, 0) is 68.1 Å². The number of allylic oxidation sites excluding steroid dienone is 2. The third kappa shape index (κ3) is 9.47. The van der Waals surface area contributed by atoms with Crippen LogP contribution < -0.4 is 21.9 Å². The van der Waals surface area contributed by atoms with Gasteiger partial charge >= 0.3 is 6.18 Å². The summed E-state index contributed by atoms with van der Waals surface area (Å²) in [7, 11) is 3.25. The lowest BCUT2D eigenvalue weighted by Gasteiger charge is -2.19. The standard InChI is InChI=1S/C27H32ClF3N6O2/c1-6-36(4)15-19-9-21(27(29,30)31)12-22(10-19)35-26(38)20-7-8-23(28)25(11-20)37(33)16-24(32)17(2)13-34-14-18(3)39-5/h7-14,16H,3,6,15,32-33H2,1-2,4-5H3,(H,35,38)/b17-13+,24-16-,34-14?. The topological polar surface area (TPSA) is 109 Å². The van der Waals surface area contributed by atoms with Crippen LogP contribution in [0.3, 0.4) is 0 Å². The number of nitrogens with one attached hydrogen (secondary N) is 1. The van der Waals surface area contributed by atoms with Crippen LogP contribution in [0.2, 0.25) is 5.02 Å². The van der Waals surface area contributed by atoms with Gasteiger partial charge in [-0.1, -0.05) is 25.1 Å². The normalized spacial score (nSPS) is 12.7. The minimum Gasteiger partial charge on any atom is -0.496 e. The molecule has 0 saturated carbocycles. The maximum atomic E-state index is 13.5. The molecule has 12 heteroatoms. The highest BCUT2D eigenvalue weighted by molar-refractivity contribution is 6.33. The minimum absolute atomic E-state index is 0.0112.